The van der Waals surface area contributed by atoms with Crippen LogP contribution < -0.4 is 0 Å². The minimum absolute atomic E-state index is 0.0378. The van der Waals surface area contributed by atoms with Crippen molar-refractivity contribution in [3.05, 3.63) is 25.3 Å². The van der Waals surface area contributed by atoms with Crippen LogP contribution in [0.4, 0.5) is 0 Å². The van der Waals surface area contributed by atoms with Gasteiger partial charge in [-0.25, -0.2) is 0 Å². The zero-order valence-corrected chi connectivity index (χ0v) is 23.7. The molecule has 1 spiro atoms. The van der Waals surface area contributed by atoms with Gasteiger partial charge in [-0.15, -0.1) is 24.9 Å². The number of fused-ring (bicyclic) bond motifs is 1. The summed E-state index contributed by atoms with van der Waals surface area (Å²) in [4.78, 5) is 45.3. The number of rotatable bonds is 16. The Morgan fingerprint density at radius 3 is 2.62 bits per heavy atom. The molecule has 0 aliphatic carbocycles. The second-order valence-electron chi connectivity index (χ2n) is 10.8. The van der Waals surface area contributed by atoms with Crippen LogP contribution in [-0.2, 0) is 19.1 Å². The number of allylic oxidation sites excluding steroid dienone is 1. The van der Waals surface area contributed by atoms with Crippen molar-refractivity contribution in [1.82, 2.24) is 9.80 Å². The fraction of sp³-hybridized carbons (Fsp3) is 0.759. The minimum atomic E-state index is -0.709. The molecule has 3 fully saturated rings. The number of nitrogens with zero attached hydrogens (tertiary/aromatic N) is 2. The van der Waals surface area contributed by atoms with Gasteiger partial charge in [-0.05, 0) is 44.4 Å². The highest BCUT2D eigenvalue weighted by atomic mass is 32.2. The molecule has 2 amide bonds. The second kappa shape index (κ2) is 13.3. The Bertz CT molecular complexity index is 846. The number of aliphatic hydroxyl groups excluding tert-OH is 1. The van der Waals surface area contributed by atoms with Gasteiger partial charge in [0.1, 0.15) is 6.04 Å². The first-order chi connectivity index (χ1) is 17.8. The lowest BCUT2D eigenvalue weighted by Crippen LogP contribution is -2.59. The summed E-state index contributed by atoms with van der Waals surface area (Å²) in [6.45, 7) is 14.9. The molecule has 8 heteroatoms. The Hall–Kier alpha value is -1.80. The van der Waals surface area contributed by atoms with Crippen LogP contribution in [0.5, 0.6) is 0 Å². The van der Waals surface area contributed by atoms with Crippen molar-refractivity contribution in [2.45, 2.75) is 94.2 Å². The van der Waals surface area contributed by atoms with E-state index in [9.17, 15) is 19.5 Å². The topological polar surface area (TPSA) is 87.1 Å². The standard InChI is InChI=1S/C29H46N2O5S/c1-6-10-12-14-17-36-28(35)23-22-18-20(5)29(37-22)24(23)26(33)31(21(9-4)19-32)25(29)27(34)30(15-8-3)16-13-11-7-2/h6,8,20-25,32H,1,3,7,9-19H2,2,4-5H3/t20?,21-,22+,23-,24-,25?,29?/m0/s1. The van der Waals surface area contributed by atoms with Crippen LogP contribution >= 0.6 is 11.8 Å². The van der Waals surface area contributed by atoms with E-state index in [1.54, 1.807) is 22.7 Å². The molecule has 3 aliphatic heterocycles. The normalized spacial score (nSPS) is 30.8. The average Bonchev–Trinajstić information content (AvgIpc) is 3.48. The number of aliphatic hydroxyl groups is 1. The summed E-state index contributed by atoms with van der Waals surface area (Å²) in [5.41, 5.74) is 0. The Kier molecular flexibility index (Phi) is 10.7. The molecule has 0 aromatic rings. The smallest absolute Gasteiger partial charge is 0.310 e. The summed E-state index contributed by atoms with van der Waals surface area (Å²) in [6.07, 6.45) is 10.4. The molecular formula is C29H46N2O5S. The largest absolute Gasteiger partial charge is 0.465 e. The molecule has 0 aromatic heterocycles. The summed E-state index contributed by atoms with van der Waals surface area (Å²) in [7, 11) is 0. The fourth-order valence-electron chi connectivity index (χ4n) is 6.65. The fourth-order valence-corrected chi connectivity index (χ4v) is 9.04. The number of amides is 2. The first kappa shape index (κ1) is 29.8. The summed E-state index contributed by atoms with van der Waals surface area (Å²) < 4.78 is 5.00. The van der Waals surface area contributed by atoms with Crippen molar-refractivity contribution in [3.8, 4) is 0 Å². The molecule has 7 nitrogen and oxygen atoms in total. The van der Waals surface area contributed by atoms with Gasteiger partial charge in [-0.2, -0.15) is 0 Å². The Morgan fingerprint density at radius 1 is 1.24 bits per heavy atom. The van der Waals surface area contributed by atoms with Crippen molar-refractivity contribution < 1.29 is 24.2 Å². The molecular weight excluding hydrogens is 488 g/mol. The van der Waals surface area contributed by atoms with Gasteiger partial charge in [-0.3, -0.25) is 14.4 Å². The summed E-state index contributed by atoms with van der Waals surface area (Å²) >= 11 is 1.66. The van der Waals surface area contributed by atoms with E-state index in [2.05, 4.69) is 27.0 Å². The monoisotopic (exact) mass is 534 g/mol. The number of hydrogen-bond donors (Lipinski definition) is 1. The molecule has 1 N–H and O–H groups in total. The molecule has 7 atom stereocenters. The lowest BCUT2D eigenvalue weighted by molar-refractivity contribution is -0.155. The van der Waals surface area contributed by atoms with E-state index in [1.165, 1.54) is 0 Å². The van der Waals surface area contributed by atoms with Crippen LogP contribution in [0.15, 0.2) is 25.3 Å². The van der Waals surface area contributed by atoms with Crippen molar-refractivity contribution in [2.75, 3.05) is 26.3 Å². The molecule has 3 saturated heterocycles. The second-order valence-corrected chi connectivity index (χ2v) is 12.3. The van der Waals surface area contributed by atoms with Gasteiger partial charge in [0.05, 0.1) is 35.8 Å². The summed E-state index contributed by atoms with van der Waals surface area (Å²) in [5, 5.41) is 10.2. The predicted octanol–water partition coefficient (Wildman–Crippen LogP) is 4.20. The molecule has 37 heavy (non-hydrogen) atoms. The number of carbonyl (C=O) groups excluding carboxylic acids is 3. The molecule has 3 rings (SSSR count). The highest BCUT2D eigenvalue weighted by Crippen LogP contribution is 2.69. The lowest BCUT2D eigenvalue weighted by Gasteiger charge is -2.42. The number of esters is 1. The molecule has 3 aliphatic rings. The zero-order chi connectivity index (χ0) is 27.2. The van der Waals surface area contributed by atoms with Crippen molar-refractivity contribution >= 4 is 29.5 Å². The van der Waals surface area contributed by atoms with Crippen LogP contribution in [0.25, 0.3) is 0 Å². The zero-order valence-electron chi connectivity index (χ0n) is 22.9. The molecule has 208 valence electrons. The van der Waals surface area contributed by atoms with Crippen LogP contribution in [0.1, 0.15) is 72.1 Å². The summed E-state index contributed by atoms with van der Waals surface area (Å²) in [5.74, 6) is -1.66. The maximum atomic E-state index is 14.3. The Morgan fingerprint density at radius 2 is 2.00 bits per heavy atom. The first-order valence-electron chi connectivity index (χ1n) is 14.1. The molecule has 0 saturated carbocycles. The van der Waals surface area contributed by atoms with E-state index in [0.29, 0.717) is 26.1 Å². The number of unbranched alkanes of at least 4 members (excludes halogenated alkanes) is 4. The molecule has 0 aromatic carbocycles. The maximum Gasteiger partial charge on any atom is 0.310 e. The minimum Gasteiger partial charge on any atom is -0.465 e. The van der Waals surface area contributed by atoms with Crippen molar-refractivity contribution in [1.29, 1.82) is 0 Å². The van der Waals surface area contributed by atoms with Crippen LogP contribution in [0, 0.1) is 17.8 Å². The number of ether oxygens (including phenoxy) is 1. The number of carbonyl (C=O) groups is 3. The maximum absolute atomic E-state index is 14.3. The van der Waals surface area contributed by atoms with E-state index in [-0.39, 0.29) is 35.6 Å². The lowest BCUT2D eigenvalue weighted by atomic mass is 9.66. The first-order valence-corrected chi connectivity index (χ1v) is 15.0. The van der Waals surface area contributed by atoms with Gasteiger partial charge in [0.25, 0.3) is 0 Å². The van der Waals surface area contributed by atoms with Crippen molar-refractivity contribution in [2.24, 2.45) is 17.8 Å². The van der Waals surface area contributed by atoms with Crippen LogP contribution in [-0.4, -0.2) is 81.1 Å². The third-order valence-corrected chi connectivity index (χ3v) is 10.6. The molecule has 2 bridgehead atoms. The molecule has 3 unspecified atom stereocenters. The highest BCUT2D eigenvalue weighted by molar-refractivity contribution is 8.02. The Labute approximate surface area is 227 Å². The van der Waals surface area contributed by atoms with E-state index in [0.717, 1.165) is 44.9 Å². The molecule has 3 heterocycles. The van der Waals surface area contributed by atoms with E-state index < -0.39 is 28.7 Å². The summed E-state index contributed by atoms with van der Waals surface area (Å²) in [6, 6.07) is -1.18. The third kappa shape index (κ3) is 5.51. The van der Waals surface area contributed by atoms with E-state index in [1.807, 2.05) is 17.9 Å². The van der Waals surface area contributed by atoms with Crippen LogP contribution in [0.3, 0.4) is 0 Å². The number of likely N-dealkylation sites (tertiary alicyclic amines) is 1. The number of thioether (sulfide) groups is 1. The van der Waals surface area contributed by atoms with Gasteiger partial charge in [-0.1, -0.05) is 45.8 Å². The number of hydrogen-bond acceptors (Lipinski definition) is 6. The van der Waals surface area contributed by atoms with E-state index >= 15 is 0 Å². The third-order valence-electron chi connectivity index (χ3n) is 8.50. The van der Waals surface area contributed by atoms with Gasteiger partial charge in [0, 0.05) is 18.3 Å². The van der Waals surface area contributed by atoms with Gasteiger partial charge in [0.2, 0.25) is 11.8 Å². The van der Waals surface area contributed by atoms with Gasteiger partial charge in [0.15, 0.2) is 0 Å². The van der Waals surface area contributed by atoms with Crippen molar-refractivity contribution in [3.63, 3.8) is 0 Å². The highest BCUT2D eigenvalue weighted by Gasteiger charge is 2.77. The predicted molar refractivity (Wildman–Crippen MR) is 148 cm³/mol. The quantitative estimate of drug-likeness (QED) is 0.181. The van der Waals surface area contributed by atoms with Gasteiger partial charge < -0.3 is 19.6 Å². The van der Waals surface area contributed by atoms with Gasteiger partial charge >= 0.3 is 5.97 Å². The molecule has 0 radical (unpaired) electrons. The SMILES string of the molecule is C=CCCCCOC(=O)[C@@H]1[C@H]2C(=O)N([C@@H](CC)CO)C(C(=O)N(CC=C)CCCCC)C23S[C@@H]1CC3C. The average molecular weight is 535 g/mol. The van der Waals surface area contributed by atoms with Crippen LogP contribution in [0.2, 0.25) is 0 Å². The van der Waals surface area contributed by atoms with E-state index in [4.69, 9.17) is 4.74 Å². The Balaban J connectivity index is 1.96.